The second-order valence-electron chi connectivity index (χ2n) is 3.38. The van der Waals surface area contributed by atoms with Crippen LogP contribution in [-0.2, 0) is 9.59 Å². The van der Waals surface area contributed by atoms with E-state index < -0.39 is 10.5 Å². The lowest BCUT2D eigenvalue weighted by Gasteiger charge is -1.95. The molecule has 4 heteroatoms. The molecule has 0 amide bonds. The number of carbonyl (C=O) groups is 2. The predicted molar refractivity (Wildman–Crippen MR) is 42.5 cm³/mol. The zero-order chi connectivity index (χ0) is 8.81. The van der Waals surface area contributed by atoms with Gasteiger partial charge >= 0.3 is 0 Å². The molecule has 1 aliphatic rings. The Morgan fingerprint density at radius 3 is 1.45 bits per heavy atom. The molecule has 62 valence electrons. The highest BCUT2D eigenvalue weighted by Crippen LogP contribution is 2.59. The summed E-state index contributed by atoms with van der Waals surface area (Å²) in [5, 5.41) is -0.928. The molecule has 0 spiro atoms. The van der Waals surface area contributed by atoms with E-state index in [0.29, 0.717) is 0 Å². The van der Waals surface area contributed by atoms with Gasteiger partial charge in [0.25, 0.3) is 0 Å². The SMILES string of the molecule is CC1(C)[C@@H](C(=O)Cl)[C@@H]1C(=O)Cl. The second-order valence-corrected chi connectivity index (χ2v) is 4.13. The summed E-state index contributed by atoms with van der Waals surface area (Å²) in [4.78, 5) is 21.4. The van der Waals surface area contributed by atoms with E-state index in [0.717, 1.165) is 0 Å². The normalized spacial score (nSPS) is 33.1. The fourth-order valence-corrected chi connectivity index (χ4v) is 2.30. The van der Waals surface area contributed by atoms with Gasteiger partial charge in [0.1, 0.15) is 0 Å². The van der Waals surface area contributed by atoms with Crippen molar-refractivity contribution in [1.82, 2.24) is 0 Å². The van der Waals surface area contributed by atoms with E-state index in [1.165, 1.54) is 0 Å². The van der Waals surface area contributed by atoms with Gasteiger partial charge in [0, 0.05) is 0 Å². The van der Waals surface area contributed by atoms with Gasteiger partial charge in [0.15, 0.2) is 0 Å². The zero-order valence-corrected chi connectivity index (χ0v) is 7.74. The molecular weight excluding hydrogens is 187 g/mol. The molecule has 0 N–H and O–H groups in total. The van der Waals surface area contributed by atoms with Crippen LogP contribution in [0.2, 0.25) is 0 Å². The van der Waals surface area contributed by atoms with Crippen molar-refractivity contribution in [2.45, 2.75) is 13.8 Å². The molecule has 1 fully saturated rings. The maximum Gasteiger partial charge on any atom is 0.226 e. The summed E-state index contributed by atoms with van der Waals surface area (Å²) in [5.41, 5.74) is -0.336. The van der Waals surface area contributed by atoms with E-state index in [-0.39, 0.29) is 17.3 Å². The highest BCUT2D eigenvalue weighted by atomic mass is 35.5. The number of rotatable bonds is 2. The zero-order valence-electron chi connectivity index (χ0n) is 6.23. The topological polar surface area (TPSA) is 34.1 Å². The van der Waals surface area contributed by atoms with Gasteiger partial charge in [-0.2, -0.15) is 0 Å². The average Bonchev–Trinajstić information content (AvgIpc) is 2.33. The summed E-state index contributed by atoms with van der Waals surface area (Å²) in [7, 11) is 0. The van der Waals surface area contributed by atoms with Crippen molar-refractivity contribution < 1.29 is 9.59 Å². The van der Waals surface area contributed by atoms with E-state index in [1.54, 1.807) is 0 Å². The summed E-state index contributed by atoms with van der Waals surface area (Å²) in [5.74, 6) is -0.761. The van der Waals surface area contributed by atoms with Crippen LogP contribution in [0, 0.1) is 17.3 Å². The lowest BCUT2D eigenvalue weighted by atomic mass is 10.1. The van der Waals surface area contributed by atoms with E-state index >= 15 is 0 Å². The minimum Gasteiger partial charge on any atom is -0.281 e. The minimum absolute atomic E-state index is 0.336. The molecule has 0 aromatic heterocycles. The smallest absolute Gasteiger partial charge is 0.226 e. The molecule has 0 bridgehead atoms. The van der Waals surface area contributed by atoms with Crippen molar-refractivity contribution in [3.63, 3.8) is 0 Å². The first-order valence-electron chi connectivity index (χ1n) is 3.27. The number of carbonyl (C=O) groups excluding carboxylic acids is 2. The van der Waals surface area contributed by atoms with Gasteiger partial charge in [-0.05, 0) is 28.6 Å². The van der Waals surface area contributed by atoms with Crippen LogP contribution < -0.4 is 0 Å². The Morgan fingerprint density at radius 1 is 1.09 bits per heavy atom. The number of hydrogen-bond donors (Lipinski definition) is 0. The molecule has 11 heavy (non-hydrogen) atoms. The third-order valence-corrected chi connectivity index (χ3v) is 2.79. The lowest BCUT2D eigenvalue weighted by Crippen LogP contribution is -1.96. The maximum absolute atomic E-state index is 10.7. The molecule has 1 aliphatic carbocycles. The Morgan fingerprint density at radius 2 is 1.36 bits per heavy atom. The first-order valence-corrected chi connectivity index (χ1v) is 4.03. The molecule has 0 heterocycles. The van der Waals surface area contributed by atoms with Crippen molar-refractivity contribution in [2.24, 2.45) is 17.3 Å². The molecule has 0 radical (unpaired) electrons. The van der Waals surface area contributed by atoms with Gasteiger partial charge < -0.3 is 0 Å². The van der Waals surface area contributed by atoms with Gasteiger partial charge in [0.2, 0.25) is 10.5 Å². The molecule has 1 rings (SSSR count). The van der Waals surface area contributed by atoms with Gasteiger partial charge in [-0.25, -0.2) is 0 Å². The Kier molecular flexibility index (Phi) is 2.01. The maximum atomic E-state index is 10.7. The summed E-state index contributed by atoms with van der Waals surface area (Å²) in [6.45, 7) is 3.62. The first-order chi connectivity index (χ1) is 4.89. The third kappa shape index (κ3) is 1.30. The Bertz CT molecular complexity index is 200. The van der Waals surface area contributed by atoms with Crippen molar-refractivity contribution >= 4 is 33.7 Å². The molecular formula is C7H8Cl2O2. The van der Waals surface area contributed by atoms with E-state index in [2.05, 4.69) is 0 Å². The van der Waals surface area contributed by atoms with Crippen LogP contribution in [0.5, 0.6) is 0 Å². The van der Waals surface area contributed by atoms with E-state index in [4.69, 9.17) is 23.2 Å². The highest BCUT2D eigenvalue weighted by Gasteiger charge is 2.64. The Labute approximate surface area is 74.9 Å². The van der Waals surface area contributed by atoms with Gasteiger partial charge in [-0.1, -0.05) is 13.8 Å². The first kappa shape index (κ1) is 9.01. The lowest BCUT2D eigenvalue weighted by molar-refractivity contribution is -0.117. The molecule has 2 nitrogen and oxygen atoms in total. The summed E-state index contributed by atoms with van der Waals surface area (Å²) >= 11 is 10.5. The highest BCUT2D eigenvalue weighted by molar-refractivity contribution is 6.68. The fraction of sp³-hybridized carbons (Fsp3) is 0.714. The van der Waals surface area contributed by atoms with Crippen LogP contribution >= 0.6 is 23.2 Å². The molecule has 0 unspecified atom stereocenters. The summed E-state index contributed by atoms with van der Waals surface area (Å²) in [6, 6.07) is 0. The van der Waals surface area contributed by atoms with Crippen LogP contribution in [0.3, 0.4) is 0 Å². The predicted octanol–water partition coefficient (Wildman–Crippen LogP) is 1.79. The average molecular weight is 195 g/mol. The molecule has 0 aliphatic heterocycles. The van der Waals surface area contributed by atoms with Crippen LogP contribution in [-0.4, -0.2) is 10.5 Å². The van der Waals surface area contributed by atoms with Gasteiger partial charge in [0.05, 0.1) is 11.8 Å². The summed E-state index contributed by atoms with van der Waals surface area (Å²) in [6.07, 6.45) is 0. The van der Waals surface area contributed by atoms with Crippen molar-refractivity contribution in [3.05, 3.63) is 0 Å². The van der Waals surface area contributed by atoms with Crippen LogP contribution in [0.25, 0.3) is 0 Å². The van der Waals surface area contributed by atoms with Crippen LogP contribution in [0.15, 0.2) is 0 Å². The molecule has 0 aromatic rings. The third-order valence-electron chi connectivity index (χ3n) is 2.32. The fourth-order valence-electron chi connectivity index (χ4n) is 1.48. The Balaban J connectivity index is 2.76. The van der Waals surface area contributed by atoms with E-state index in [9.17, 15) is 9.59 Å². The molecule has 2 atom stereocenters. The molecule has 1 saturated carbocycles. The van der Waals surface area contributed by atoms with Crippen molar-refractivity contribution in [1.29, 1.82) is 0 Å². The Hall–Kier alpha value is -0.0800. The van der Waals surface area contributed by atoms with Crippen molar-refractivity contribution in [3.8, 4) is 0 Å². The van der Waals surface area contributed by atoms with Crippen LogP contribution in [0.4, 0.5) is 0 Å². The number of hydrogen-bond acceptors (Lipinski definition) is 2. The monoisotopic (exact) mass is 194 g/mol. The quantitative estimate of drug-likeness (QED) is 0.629. The molecule has 0 saturated heterocycles. The second kappa shape index (κ2) is 2.46. The number of halogens is 2. The van der Waals surface area contributed by atoms with E-state index in [1.807, 2.05) is 13.8 Å². The largest absolute Gasteiger partial charge is 0.281 e. The van der Waals surface area contributed by atoms with Crippen molar-refractivity contribution in [2.75, 3.05) is 0 Å². The molecule has 0 aromatic carbocycles. The minimum atomic E-state index is -0.464. The standard InChI is InChI=1S/C7H8Cl2O2/c1-7(2)3(5(8)10)4(7)6(9)11/h3-4H,1-2H3/t3-,4-/m1/s1. The van der Waals surface area contributed by atoms with Gasteiger partial charge in [-0.15, -0.1) is 0 Å². The summed E-state index contributed by atoms with van der Waals surface area (Å²) < 4.78 is 0. The van der Waals surface area contributed by atoms with Crippen LogP contribution in [0.1, 0.15) is 13.8 Å². The van der Waals surface area contributed by atoms with Gasteiger partial charge in [-0.3, -0.25) is 9.59 Å².